The van der Waals surface area contributed by atoms with Crippen molar-refractivity contribution in [2.24, 2.45) is 0 Å². The van der Waals surface area contributed by atoms with Gasteiger partial charge in [-0.25, -0.2) is 4.79 Å². The van der Waals surface area contributed by atoms with Crippen molar-refractivity contribution < 1.29 is 24.1 Å². The summed E-state index contributed by atoms with van der Waals surface area (Å²) >= 11 is 0. The highest BCUT2D eigenvalue weighted by Crippen LogP contribution is 2.42. The first kappa shape index (κ1) is 13.7. The Hall–Kier alpha value is -1.75. The van der Waals surface area contributed by atoms with E-state index in [0.717, 1.165) is 11.1 Å². The van der Waals surface area contributed by atoms with Gasteiger partial charge in [-0.05, 0) is 25.0 Å². The van der Waals surface area contributed by atoms with E-state index in [-0.39, 0.29) is 6.42 Å². The summed E-state index contributed by atoms with van der Waals surface area (Å²) in [6.07, 6.45) is 0.215. The molecule has 1 aromatic rings. The molecule has 0 radical (unpaired) electrons. The average Bonchev–Trinajstić information content (AvgIpc) is 2.30. The molecule has 5 nitrogen and oxygen atoms in total. The van der Waals surface area contributed by atoms with Gasteiger partial charge in [-0.3, -0.25) is 0 Å². The van der Waals surface area contributed by atoms with Crippen molar-refractivity contribution in [1.82, 2.24) is 0 Å². The number of fused-ring (bicyclic) bond motifs is 1. The van der Waals surface area contributed by atoms with E-state index in [1.807, 2.05) is 13.8 Å². The fraction of sp³-hybridized carbons (Fsp3) is 0.500. The molecule has 1 heterocycles. The summed E-state index contributed by atoms with van der Waals surface area (Å²) < 4.78 is 15.7. The van der Waals surface area contributed by atoms with Gasteiger partial charge in [-0.15, -0.1) is 0 Å². The Labute approximate surface area is 112 Å². The molecule has 1 aliphatic rings. The molecule has 1 N–H and O–H groups in total. The number of esters is 1. The molecule has 2 rings (SSSR count). The lowest BCUT2D eigenvalue weighted by molar-refractivity contribution is -0.154. The van der Waals surface area contributed by atoms with E-state index in [1.165, 1.54) is 14.0 Å². The minimum Gasteiger partial charge on any atom is -0.496 e. The molecule has 104 valence electrons. The summed E-state index contributed by atoms with van der Waals surface area (Å²) in [5, 5.41) is 9.99. The lowest BCUT2D eigenvalue weighted by Gasteiger charge is -2.32. The summed E-state index contributed by atoms with van der Waals surface area (Å²) in [6, 6.07) is 0. The number of methoxy groups -OCH3 is 2. The Morgan fingerprint density at radius 2 is 1.74 bits per heavy atom. The summed E-state index contributed by atoms with van der Waals surface area (Å²) in [5.41, 5.74) is 2.66. The molecule has 0 bridgehead atoms. The summed E-state index contributed by atoms with van der Waals surface area (Å²) in [4.78, 5) is 12.1. The summed E-state index contributed by atoms with van der Waals surface area (Å²) in [7, 11) is 3.07. The van der Waals surface area contributed by atoms with E-state index in [2.05, 4.69) is 0 Å². The predicted molar refractivity (Wildman–Crippen MR) is 68.8 cm³/mol. The molecule has 0 saturated carbocycles. The number of hydrogen-bond donors (Lipinski definition) is 1. The van der Waals surface area contributed by atoms with Gasteiger partial charge in [0, 0.05) is 18.9 Å². The van der Waals surface area contributed by atoms with E-state index in [4.69, 9.17) is 14.2 Å². The zero-order valence-electron chi connectivity index (χ0n) is 11.8. The van der Waals surface area contributed by atoms with Gasteiger partial charge in [0.15, 0.2) is 0 Å². The molecule has 0 saturated heterocycles. The number of aliphatic hydroxyl groups is 1. The number of ether oxygens (including phenoxy) is 3. The highest BCUT2D eigenvalue weighted by atomic mass is 16.7. The summed E-state index contributed by atoms with van der Waals surface area (Å²) in [6.45, 7) is 5.15. The first-order valence-corrected chi connectivity index (χ1v) is 6.02. The minimum absolute atomic E-state index is 0.215. The zero-order valence-corrected chi connectivity index (χ0v) is 11.8. The van der Waals surface area contributed by atoms with Crippen LogP contribution in [0.15, 0.2) is 0 Å². The smallest absolute Gasteiger partial charge is 0.344 e. The monoisotopic (exact) mass is 266 g/mol. The van der Waals surface area contributed by atoms with Gasteiger partial charge >= 0.3 is 5.97 Å². The van der Waals surface area contributed by atoms with Crippen LogP contribution in [0.1, 0.15) is 34.0 Å². The van der Waals surface area contributed by atoms with E-state index in [9.17, 15) is 9.90 Å². The van der Waals surface area contributed by atoms with Crippen molar-refractivity contribution in [3.63, 3.8) is 0 Å². The van der Waals surface area contributed by atoms with Crippen molar-refractivity contribution in [2.45, 2.75) is 33.0 Å². The maximum atomic E-state index is 12.1. The third-order valence-corrected chi connectivity index (χ3v) is 3.43. The van der Waals surface area contributed by atoms with Crippen molar-refractivity contribution in [3.8, 4) is 11.5 Å². The largest absolute Gasteiger partial charge is 0.496 e. The third-order valence-electron chi connectivity index (χ3n) is 3.43. The fourth-order valence-corrected chi connectivity index (χ4v) is 2.65. The van der Waals surface area contributed by atoms with Gasteiger partial charge in [-0.1, -0.05) is 0 Å². The third kappa shape index (κ3) is 2.04. The van der Waals surface area contributed by atoms with Gasteiger partial charge in [-0.2, -0.15) is 0 Å². The SMILES string of the molecule is COc1c(C)c2c(c(OC)c1C)C(=O)O[C@@](C)(O)C2. The lowest BCUT2D eigenvalue weighted by atomic mass is 9.89. The van der Waals surface area contributed by atoms with E-state index >= 15 is 0 Å². The van der Waals surface area contributed by atoms with E-state index in [1.54, 1.807) is 7.11 Å². The van der Waals surface area contributed by atoms with Gasteiger partial charge < -0.3 is 19.3 Å². The van der Waals surface area contributed by atoms with Gasteiger partial charge in [0.05, 0.1) is 14.2 Å². The molecule has 0 amide bonds. The molecule has 1 atom stereocenters. The Bertz CT molecular complexity index is 546. The highest BCUT2D eigenvalue weighted by molar-refractivity contribution is 5.97. The van der Waals surface area contributed by atoms with Crippen LogP contribution in [0.3, 0.4) is 0 Å². The number of hydrogen-bond acceptors (Lipinski definition) is 5. The molecule has 0 fully saturated rings. The molecule has 0 aromatic heterocycles. The van der Waals surface area contributed by atoms with Gasteiger partial charge in [0.1, 0.15) is 17.1 Å². The van der Waals surface area contributed by atoms with Crippen LogP contribution in [-0.4, -0.2) is 31.1 Å². The van der Waals surface area contributed by atoms with Crippen molar-refractivity contribution >= 4 is 5.97 Å². The Morgan fingerprint density at radius 3 is 2.26 bits per heavy atom. The molecule has 1 aliphatic heterocycles. The summed E-state index contributed by atoms with van der Waals surface area (Å²) in [5.74, 6) is -0.962. The molecular formula is C14H18O5. The molecule has 5 heteroatoms. The van der Waals surface area contributed by atoms with Crippen LogP contribution in [0, 0.1) is 13.8 Å². The van der Waals surface area contributed by atoms with Crippen LogP contribution >= 0.6 is 0 Å². The quantitative estimate of drug-likeness (QED) is 0.826. The Morgan fingerprint density at radius 1 is 1.16 bits per heavy atom. The second-order valence-electron chi connectivity index (χ2n) is 4.91. The van der Waals surface area contributed by atoms with Crippen LogP contribution in [0.5, 0.6) is 11.5 Å². The number of benzene rings is 1. The van der Waals surface area contributed by atoms with Crippen LogP contribution in [0.25, 0.3) is 0 Å². The molecular weight excluding hydrogens is 248 g/mol. The number of rotatable bonds is 2. The molecule has 19 heavy (non-hydrogen) atoms. The van der Waals surface area contributed by atoms with Crippen molar-refractivity contribution in [1.29, 1.82) is 0 Å². The van der Waals surface area contributed by atoms with Crippen LogP contribution in [0.2, 0.25) is 0 Å². The Balaban J connectivity index is 2.79. The molecule has 0 spiro atoms. The average molecular weight is 266 g/mol. The second-order valence-corrected chi connectivity index (χ2v) is 4.91. The van der Waals surface area contributed by atoms with Crippen molar-refractivity contribution in [3.05, 3.63) is 22.3 Å². The maximum Gasteiger partial charge on any atom is 0.344 e. The lowest BCUT2D eigenvalue weighted by Crippen LogP contribution is -2.39. The van der Waals surface area contributed by atoms with Crippen LogP contribution < -0.4 is 9.47 Å². The highest BCUT2D eigenvalue weighted by Gasteiger charge is 2.39. The number of carbonyl (C=O) groups is 1. The number of carbonyl (C=O) groups excluding carboxylic acids is 1. The standard InChI is InChI=1S/C14H18O5/c1-7-9-6-14(3,16)19-13(15)10(9)12(18-5)8(2)11(7)17-4/h16H,6H2,1-5H3/t14-/m1/s1. The van der Waals surface area contributed by atoms with E-state index in [0.29, 0.717) is 22.6 Å². The van der Waals surface area contributed by atoms with E-state index < -0.39 is 11.8 Å². The maximum absolute atomic E-state index is 12.1. The molecule has 1 aromatic carbocycles. The molecule has 0 unspecified atom stereocenters. The first-order valence-electron chi connectivity index (χ1n) is 6.02. The van der Waals surface area contributed by atoms with Crippen molar-refractivity contribution in [2.75, 3.05) is 14.2 Å². The fourth-order valence-electron chi connectivity index (χ4n) is 2.65. The molecule has 0 aliphatic carbocycles. The predicted octanol–water partition coefficient (Wildman–Crippen LogP) is 1.74. The van der Waals surface area contributed by atoms with Crippen LogP contribution in [0.4, 0.5) is 0 Å². The Kier molecular flexibility index (Phi) is 3.18. The minimum atomic E-state index is -1.50. The van der Waals surface area contributed by atoms with Crippen LogP contribution in [-0.2, 0) is 11.2 Å². The zero-order chi connectivity index (χ0) is 14.4. The topological polar surface area (TPSA) is 65.0 Å². The first-order chi connectivity index (χ1) is 8.82. The van der Waals surface area contributed by atoms with Gasteiger partial charge in [0.25, 0.3) is 0 Å². The number of cyclic esters (lactones) is 1. The second kappa shape index (κ2) is 4.42. The normalized spacial score (nSPS) is 21.7. The van der Waals surface area contributed by atoms with Gasteiger partial charge in [0.2, 0.25) is 5.79 Å².